The van der Waals surface area contributed by atoms with Crippen LogP contribution in [0.4, 0.5) is 0 Å². The molecule has 0 bridgehead atoms. The van der Waals surface area contributed by atoms with Gasteiger partial charge in [-0.15, -0.1) is 11.3 Å². The van der Waals surface area contributed by atoms with Gasteiger partial charge < -0.3 is 10.7 Å². The number of aromatic nitrogens is 2. The van der Waals surface area contributed by atoms with Crippen LogP contribution in [0.5, 0.6) is 0 Å². The zero-order valence-electron chi connectivity index (χ0n) is 9.44. The van der Waals surface area contributed by atoms with Crippen LogP contribution >= 0.6 is 11.3 Å². The molecule has 16 heavy (non-hydrogen) atoms. The van der Waals surface area contributed by atoms with E-state index in [2.05, 4.69) is 22.3 Å². The molecule has 2 heterocycles. The van der Waals surface area contributed by atoms with Gasteiger partial charge in [0.05, 0.1) is 16.4 Å². The van der Waals surface area contributed by atoms with Crippen LogP contribution in [0, 0.1) is 5.92 Å². The summed E-state index contributed by atoms with van der Waals surface area (Å²) in [6.07, 6.45) is 4.07. The van der Waals surface area contributed by atoms with Crippen molar-refractivity contribution in [1.82, 2.24) is 9.97 Å². The molecule has 0 aliphatic heterocycles. The molecule has 3 nitrogen and oxygen atoms in total. The number of nitrogens with zero attached hydrogens (tertiary/aromatic N) is 1. The van der Waals surface area contributed by atoms with Gasteiger partial charge in [-0.1, -0.05) is 6.92 Å². The van der Waals surface area contributed by atoms with Gasteiger partial charge in [-0.05, 0) is 37.4 Å². The average molecular weight is 235 g/mol. The second-order valence-electron chi connectivity index (χ2n) is 4.09. The summed E-state index contributed by atoms with van der Waals surface area (Å²) in [7, 11) is 0. The van der Waals surface area contributed by atoms with E-state index in [1.807, 2.05) is 18.3 Å². The van der Waals surface area contributed by atoms with E-state index in [4.69, 9.17) is 5.73 Å². The van der Waals surface area contributed by atoms with E-state index >= 15 is 0 Å². The minimum Gasteiger partial charge on any atom is -0.360 e. The van der Waals surface area contributed by atoms with Gasteiger partial charge >= 0.3 is 0 Å². The summed E-state index contributed by atoms with van der Waals surface area (Å²) in [5, 5.41) is 3.30. The average Bonchev–Trinajstić information content (AvgIpc) is 2.95. The lowest BCUT2D eigenvalue weighted by Gasteiger charge is -2.04. The molecule has 0 fully saturated rings. The van der Waals surface area contributed by atoms with Crippen molar-refractivity contribution >= 4 is 11.3 Å². The van der Waals surface area contributed by atoms with Crippen LogP contribution in [0.25, 0.3) is 11.4 Å². The predicted octanol–water partition coefficient (Wildman–Crippen LogP) is 2.67. The van der Waals surface area contributed by atoms with E-state index in [0.717, 1.165) is 30.8 Å². The number of thiazole rings is 1. The maximum atomic E-state index is 5.60. The second kappa shape index (κ2) is 5.27. The summed E-state index contributed by atoms with van der Waals surface area (Å²) >= 11 is 1.73. The monoisotopic (exact) mass is 235 g/mol. The molecule has 0 amide bonds. The zero-order chi connectivity index (χ0) is 11.4. The fraction of sp³-hybridized carbons (Fsp3) is 0.417. The molecule has 0 saturated heterocycles. The van der Waals surface area contributed by atoms with Crippen molar-refractivity contribution in [2.75, 3.05) is 6.54 Å². The van der Waals surface area contributed by atoms with E-state index in [-0.39, 0.29) is 0 Å². The number of nitrogens with two attached hydrogens (primary N) is 1. The fourth-order valence-electron chi connectivity index (χ4n) is 1.53. The number of H-pyrrole nitrogens is 1. The quantitative estimate of drug-likeness (QED) is 0.837. The smallest absolute Gasteiger partial charge is 0.0976 e. The first-order chi connectivity index (χ1) is 7.79. The van der Waals surface area contributed by atoms with Crippen LogP contribution in [-0.2, 0) is 6.42 Å². The molecule has 4 heteroatoms. The first-order valence-electron chi connectivity index (χ1n) is 5.58. The van der Waals surface area contributed by atoms with Crippen molar-refractivity contribution in [3.8, 4) is 11.4 Å². The second-order valence-corrected chi connectivity index (χ2v) is 5.03. The Labute approximate surface area is 99.7 Å². The summed E-state index contributed by atoms with van der Waals surface area (Å²) in [5.74, 6) is 0.581. The Balaban J connectivity index is 1.98. The summed E-state index contributed by atoms with van der Waals surface area (Å²) in [6, 6.07) is 4.03. The molecular weight excluding hydrogens is 218 g/mol. The Hall–Kier alpha value is -1.13. The lowest BCUT2D eigenvalue weighted by Crippen LogP contribution is -2.11. The SMILES string of the molecule is CC(CN)CCc1nc(-c2ccc[nH]2)cs1. The van der Waals surface area contributed by atoms with Crippen molar-refractivity contribution in [2.24, 2.45) is 11.7 Å². The molecular formula is C12H17N3S. The minimum atomic E-state index is 0.581. The van der Waals surface area contributed by atoms with Crippen LogP contribution in [0.2, 0.25) is 0 Å². The third-order valence-corrected chi connectivity index (χ3v) is 3.59. The number of hydrogen-bond acceptors (Lipinski definition) is 3. The summed E-state index contributed by atoms with van der Waals surface area (Å²) in [5.41, 5.74) is 7.74. The Morgan fingerprint density at radius 2 is 2.44 bits per heavy atom. The van der Waals surface area contributed by atoms with Crippen LogP contribution in [-0.4, -0.2) is 16.5 Å². The van der Waals surface area contributed by atoms with E-state index in [1.165, 1.54) is 5.01 Å². The highest BCUT2D eigenvalue weighted by Crippen LogP contribution is 2.21. The maximum Gasteiger partial charge on any atom is 0.0976 e. The molecule has 2 aromatic heterocycles. The van der Waals surface area contributed by atoms with Crippen molar-refractivity contribution in [3.05, 3.63) is 28.7 Å². The molecule has 3 N–H and O–H groups in total. The maximum absolute atomic E-state index is 5.60. The molecule has 1 atom stereocenters. The molecule has 86 valence electrons. The van der Waals surface area contributed by atoms with E-state index < -0.39 is 0 Å². The fourth-order valence-corrected chi connectivity index (χ4v) is 2.34. The standard InChI is InChI=1S/C12H17N3S/c1-9(7-13)4-5-12-15-11(8-16-12)10-3-2-6-14-10/h2-3,6,8-9,14H,4-5,7,13H2,1H3. The summed E-state index contributed by atoms with van der Waals surface area (Å²) in [6.45, 7) is 2.94. The molecule has 0 aromatic carbocycles. The van der Waals surface area contributed by atoms with Gasteiger partial charge in [0.25, 0.3) is 0 Å². The largest absolute Gasteiger partial charge is 0.360 e. The van der Waals surface area contributed by atoms with E-state index in [9.17, 15) is 0 Å². The van der Waals surface area contributed by atoms with Gasteiger partial charge in [0.1, 0.15) is 0 Å². The van der Waals surface area contributed by atoms with E-state index in [1.54, 1.807) is 11.3 Å². The topological polar surface area (TPSA) is 54.7 Å². The number of nitrogens with one attached hydrogen (secondary N) is 1. The number of aromatic amines is 1. The highest BCUT2D eigenvalue weighted by atomic mass is 32.1. The molecule has 0 radical (unpaired) electrons. The van der Waals surface area contributed by atoms with Gasteiger partial charge in [0.2, 0.25) is 0 Å². The molecule has 0 aliphatic rings. The van der Waals surface area contributed by atoms with Crippen molar-refractivity contribution < 1.29 is 0 Å². The van der Waals surface area contributed by atoms with Crippen LogP contribution in [0.3, 0.4) is 0 Å². The lowest BCUT2D eigenvalue weighted by molar-refractivity contribution is 0.544. The first-order valence-corrected chi connectivity index (χ1v) is 6.46. The number of aryl methyl sites for hydroxylation is 1. The Bertz CT molecular complexity index is 419. The third kappa shape index (κ3) is 2.71. The van der Waals surface area contributed by atoms with Gasteiger partial charge in [-0.2, -0.15) is 0 Å². The molecule has 2 rings (SSSR count). The van der Waals surface area contributed by atoms with E-state index in [0.29, 0.717) is 5.92 Å². The first kappa shape index (κ1) is 11.4. The minimum absolute atomic E-state index is 0.581. The number of hydrogen-bond donors (Lipinski definition) is 2. The van der Waals surface area contributed by atoms with Gasteiger partial charge in [-0.25, -0.2) is 4.98 Å². The van der Waals surface area contributed by atoms with Crippen molar-refractivity contribution in [3.63, 3.8) is 0 Å². The van der Waals surface area contributed by atoms with Crippen molar-refractivity contribution in [2.45, 2.75) is 19.8 Å². The van der Waals surface area contributed by atoms with Crippen molar-refractivity contribution in [1.29, 1.82) is 0 Å². The Morgan fingerprint density at radius 3 is 3.12 bits per heavy atom. The summed E-state index contributed by atoms with van der Waals surface area (Å²) < 4.78 is 0. The molecule has 0 saturated carbocycles. The third-order valence-electron chi connectivity index (χ3n) is 2.68. The van der Waals surface area contributed by atoms with Crippen LogP contribution < -0.4 is 5.73 Å². The summed E-state index contributed by atoms with van der Waals surface area (Å²) in [4.78, 5) is 7.77. The van der Waals surface area contributed by atoms with Gasteiger partial charge in [0.15, 0.2) is 0 Å². The zero-order valence-corrected chi connectivity index (χ0v) is 10.3. The lowest BCUT2D eigenvalue weighted by atomic mass is 10.1. The highest BCUT2D eigenvalue weighted by Gasteiger charge is 2.06. The van der Waals surface area contributed by atoms with Crippen LogP contribution in [0.1, 0.15) is 18.4 Å². The molecule has 1 unspecified atom stereocenters. The predicted molar refractivity (Wildman–Crippen MR) is 68.4 cm³/mol. The normalized spacial score (nSPS) is 12.9. The van der Waals surface area contributed by atoms with Gasteiger partial charge in [0, 0.05) is 11.6 Å². The molecule has 0 spiro atoms. The molecule has 2 aromatic rings. The van der Waals surface area contributed by atoms with Crippen LogP contribution in [0.15, 0.2) is 23.7 Å². The Morgan fingerprint density at radius 1 is 1.56 bits per heavy atom. The van der Waals surface area contributed by atoms with Gasteiger partial charge in [-0.3, -0.25) is 0 Å². The highest BCUT2D eigenvalue weighted by molar-refractivity contribution is 7.09. The Kier molecular flexibility index (Phi) is 3.74. The molecule has 0 aliphatic carbocycles. The number of rotatable bonds is 5.